The van der Waals surface area contributed by atoms with Gasteiger partial charge in [-0.1, -0.05) is 97.1 Å². The van der Waals surface area contributed by atoms with Gasteiger partial charge >= 0.3 is 0 Å². The van der Waals surface area contributed by atoms with E-state index in [9.17, 15) is 4.39 Å². The van der Waals surface area contributed by atoms with E-state index in [2.05, 4.69) is 54.6 Å². The number of hydrogen-bond acceptors (Lipinski definition) is 3. The first-order valence-electron chi connectivity index (χ1n) is 13.8. The number of furan rings is 1. The van der Waals surface area contributed by atoms with Gasteiger partial charge in [0.15, 0.2) is 5.82 Å². The minimum atomic E-state index is -0.300. The lowest BCUT2D eigenvalue weighted by atomic mass is 9.98. The fraction of sp³-hybridized carbons (Fsp3) is 0. The number of hydrogen-bond donors (Lipinski definition) is 0. The summed E-state index contributed by atoms with van der Waals surface area (Å²) in [4.78, 5) is 9.85. The first-order valence-corrected chi connectivity index (χ1v) is 13.8. The highest BCUT2D eigenvalue weighted by Gasteiger charge is 2.14. The normalized spacial score (nSPS) is 11.5. The van der Waals surface area contributed by atoms with Crippen LogP contribution < -0.4 is 0 Å². The lowest BCUT2D eigenvalue weighted by Gasteiger charge is -2.11. The zero-order valence-corrected chi connectivity index (χ0v) is 22.5. The van der Waals surface area contributed by atoms with Crippen LogP contribution in [-0.2, 0) is 0 Å². The van der Waals surface area contributed by atoms with Gasteiger partial charge in [-0.25, -0.2) is 14.4 Å². The van der Waals surface area contributed by atoms with Gasteiger partial charge in [0.1, 0.15) is 17.0 Å². The third-order valence-corrected chi connectivity index (χ3v) is 7.73. The maximum absolute atomic E-state index is 14.2. The van der Waals surface area contributed by atoms with E-state index in [1.807, 2.05) is 66.7 Å². The molecule has 0 saturated carbocycles. The van der Waals surface area contributed by atoms with Crippen molar-refractivity contribution in [1.29, 1.82) is 0 Å². The monoisotopic (exact) mass is 542 g/mol. The van der Waals surface area contributed by atoms with Gasteiger partial charge in [-0.3, -0.25) is 0 Å². The topological polar surface area (TPSA) is 38.9 Å². The average Bonchev–Trinajstić information content (AvgIpc) is 3.44. The highest BCUT2D eigenvalue weighted by molar-refractivity contribution is 6.19. The molecule has 0 N–H and O–H groups in total. The van der Waals surface area contributed by atoms with Crippen LogP contribution in [0.15, 0.2) is 144 Å². The molecule has 198 valence electrons. The molecule has 0 aliphatic heterocycles. The van der Waals surface area contributed by atoms with E-state index in [0.29, 0.717) is 17.1 Å². The Morgan fingerprint density at radius 3 is 2.02 bits per heavy atom. The van der Waals surface area contributed by atoms with Gasteiger partial charge < -0.3 is 4.42 Å². The minimum Gasteiger partial charge on any atom is -0.456 e. The summed E-state index contributed by atoms with van der Waals surface area (Å²) in [7, 11) is 0. The minimum absolute atomic E-state index is 0.300. The first kappa shape index (κ1) is 24.2. The zero-order valence-electron chi connectivity index (χ0n) is 22.5. The molecule has 0 aliphatic rings. The molecule has 3 nitrogen and oxygen atoms in total. The van der Waals surface area contributed by atoms with E-state index in [1.54, 1.807) is 6.07 Å². The molecule has 0 unspecified atom stereocenters. The van der Waals surface area contributed by atoms with Crippen LogP contribution in [0.5, 0.6) is 0 Å². The number of aromatic nitrogens is 2. The summed E-state index contributed by atoms with van der Waals surface area (Å²) in [6.45, 7) is 0. The second-order valence-corrected chi connectivity index (χ2v) is 10.4. The number of nitrogens with zero attached hydrogens (tertiary/aromatic N) is 2. The fourth-order valence-corrected chi connectivity index (χ4v) is 5.69. The number of halogens is 1. The zero-order chi connectivity index (χ0) is 28.0. The van der Waals surface area contributed by atoms with Crippen LogP contribution in [-0.4, -0.2) is 9.97 Å². The van der Waals surface area contributed by atoms with E-state index < -0.39 is 0 Å². The molecule has 0 fully saturated rings. The maximum Gasteiger partial charge on any atom is 0.160 e. The van der Waals surface area contributed by atoms with Crippen molar-refractivity contribution in [2.45, 2.75) is 0 Å². The lowest BCUT2D eigenvalue weighted by Crippen LogP contribution is -1.96. The molecule has 8 rings (SSSR count). The molecule has 0 saturated heterocycles. The average molecular weight is 543 g/mol. The summed E-state index contributed by atoms with van der Waals surface area (Å²) < 4.78 is 20.4. The Morgan fingerprint density at radius 1 is 0.452 bits per heavy atom. The van der Waals surface area contributed by atoms with Gasteiger partial charge in [-0.2, -0.15) is 0 Å². The van der Waals surface area contributed by atoms with Crippen LogP contribution in [0.3, 0.4) is 0 Å². The van der Waals surface area contributed by atoms with Gasteiger partial charge in [0.25, 0.3) is 0 Å². The third kappa shape index (κ3) is 4.21. The smallest absolute Gasteiger partial charge is 0.160 e. The molecule has 0 bridgehead atoms. The summed E-state index contributed by atoms with van der Waals surface area (Å²) in [6, 6.07) is 45.5. The molecule has 0 spiro atoms. The number of benzene rings is 6. The Bertz CT molecular complexity index is 2270. The summed E-state index contributed by atoms with van der Waals surface area (Å²) in [5.41, 5.74) is 7.87. The largest absolute Gasteiger partial charge is 0.456 e. The van der Waals surface area contributed by atoms with Crippen molar-refractivity contribution in [3.05, 3.63) is 145 Å². The third-order valence-electron chi connectivity index (χ3n) is 7.73. The second-order valence-electron chi connectivity index (χ2n) is 10.4. The van der Waals surface area contributed by atoms with Gasteiger partial charge in [0, 0.05) is 27.5 Å². The van der Waals surface area contributed by atoms with Crippen molar-refractivity contribution in [1.82, 2.24) is 9.97 Å². The van der Waals surface area contributed by atoms with Gasteiger partial charge in [-0.15, -0.1) is 0 Å². The van der Waals surface area contributed by atoms with Crippen LogP contribution >= 0.6 is 0 Å². The van der Waals surface area contributed by atoms with Crippen LogP contribution in [0, 0.1) is 5.82 Å². The molecule has 0 atom stereocenters. The standard InChI is InChI=1S/C38H23FN2O/c39-30-14-7-12-28(21-30)34-23-33(25-9-2-1-3-10-25)40-38(41-34)29-13-6-11-26(20-29)27-17-18-35-32(22-27)37-31-15-5-4-8-24(31)16-19-36(37)42-35/h1-23H. The summed E-state index contributed by atoms with van der Waals surface area (Å²) in [5.74, 6) is 0.282. The molecule has 0 amide bonds. The SMILES string of the molecule is Fc1cccc(-c2cc(-c3ccccc3)nc(-c3cccc(-c4ccc5oc6ccc7ccccc7c6c5c4)c3)n2)c1. The molecular weight excluding hydrogens is 519 g/mol. The van der Waals surface area contributed by atoms with Crippen molar-refractivity contribution in [2.24, 2.45) is 0 Å². The second kappa shape index (κ2) is 9.79. The molecule has 0 aliphatic carbocycles. The molecule has 4 heteroatoms. The fourth-order valence-electron chi connectivity index (χ4n) is 5.69. The molecule has 0 radical (unpaired) electrons. The molecule has 6 aromatic carbocycles. The van der Waals surface area contributed by atoms with Crippen molar-refractivity contribution in [3.63, 3.8) is 0 Å². The molecule has 2 aromatic heterocycles. The lowest BCUT2D eigenvalue weighted by molar-refractivity contribution is 0.628. The Labute approximate surface area is 241 Å². The molecule has 42 heavy (non-hydrogen) atoms. The van der Waals surface area contributed by atoms with E-state index in [0.717, 1.165) is 49.9 Å². The van der Waals surface area contributed by atoms with Gasteiger partial charge in [0.05, 0.1) is 11.4 Å². The van der Waals surface area contributed by atoms with E-state index in [-0.39, 0.29) is 5.82 Å². The van der Waals surface area contributed by atoms with Crippen molar-refractivity contribution in [2.75, 3.05) is 0 Å². The highest BCUT2D eigenvalue weighted by atomic mass is 19.1. The number of rotatable bonds is 4. The van der Waals surface area contributed by atoms with Crippen LogP contribution in [0.1, 0.15) is 0 Å². The molecule has 2 heterocycles. The first-order chi connectivity index (χ1) is 20.7. The highest BCUT2D eigenvalue weighted by Crippen LogP contribution is 2.37. The maximum atomic E-state index is 14.2. The van der Waals surface area contributed by atoms with Crippen LogP contribution in [0.2, 0.25) is 0 Å². The Balaban J connectivity index is 1.28. The Kier molecular flexibility index (Phi) is 5.64. The van der Waals surface area contributed by atoms with E-state index >= 15 is 0 Å². The predicted octanol–water partition coefficient (Wildman–Crippen LogP) is 10.3. The predicted molar refractivity (Wildman–Crippen MR) is 169 cm³/mol. The summed E-state index contributed by atoms with van der Waals surface area (Å²) in [6.07, 6.45) is 0. The number of fused-ring (bicyclic) bond motifs is 5. The van der Waals surface area contributed by atoms with Crippen molar-refractivity contribution < 1.29 is 8.81 Å². The van der Waals surface area contributed by atoms with Crippen molar-refractivity contribution >= 4 is 32.7 Å². The van der Waals surface area contributed by atoms with E-state index in [4.69, 9.17) is 14.4 Å². The van der Waals surface area contributed by atoms with Crippen LogP contribution in [0.4, 0.5) is 4.39 Å². The molecule has 8 aromatic rings. The van der Waals surface area contributed by atoms with Gasteiger partial charge in [-0.05, 0) is 64.4 Å². The van der Waals surface area contributed by atoms with Crippen molar-refractivity contribution in [3.8, 4) is 45.0 Å². The van der Waals surface area contributed by atoms with E-state index in [1.165, 1.54) is 22.9 Å². The van der Waals surface area contributed by atoms with Gasteiger partial charge in [0.2, 0.25) is 0 Å². The molecular formula is C38H23FN2O. The summed E-state index contributed by atoms with van der Waals surface area (Å²) >= 11 is 0. The summed E-state index contributed by atoms with van der Waals surface area (Å²) in [5, 5.41) is 4.57. The van der Waals surface area contributed by atoms with Crippen LogP contribution in [0.25, 0.3) is 77.7 Å². The quantitative estimate of drug-likeness (QED) is 0.222. The Hall–Kier alpha value is -5.61. The Morgan fingerprint density at radius 2 is 1.14 bits per heavy atom.